The molecular weight excluding hydrogens is 248 g/mol. The van der Waals surface area contributed by atoms with Gasteiger partial charge in [-0.05, 0) is 6.92 Å². The molecule has 5 nitrogen and oxygen atoms in total. The Morgan fingerprint density at radius 1 is 1.56 bits per heavy atom. The molecule has 0 fully saturated rings. The van der Waals surface area contributed by atoms with E-state index >= 15 is 0 Å². The van der Waals surface area contributed by atoms with Gasteiger partial charge in [-0.2, -0.15) is 0 Å². The lowest BCUT2D eigenvalue weighted by molar-refractivity contribution is -0.118. The van der Waals surface area contributed by atoms with Gasteiger partial charge in [-0.1, -0.05) is 11.8 Å². The van der Waals surface area contributed by atoms with Crippen molar-refractivity contribution in [3.8, 4) is 0 Å². The largest absolute Gasteiger partial charge is 0.477 e. The zero-order chi connectivity index (χ0) is 12.1. The molecular formula is C9H12N2O3S2. The molecule has 0 aromatic carbocycles. The van der Waals surface area contributed by atoms with Crippen LogP contribution in [-0.2, 0) is 4.79 Å². The number of rotatable bonds is 5. The van der Waals surface area contributed by atoms with Crippen molar-refractivity contribution in [1.82, 2.24) is 10.3 Å². The Morgan fingerprint density at radius 2 is 2.25 bits per heavy atom. The Morgan fingerprint density at radius 3 is 2.75 bits per heavy atom. The summed E-state index contributed by atoms with van der Waals surface area (Å²) in [4.78, 5) is 25.8. The number of carbonyl (C=O) groups is 2. The highest BCUT2D eigenvalue weighted by Crippen LogP contribution is 2.26. The van der Waals surface area contributed by atoms with Gasteiger partial charge in [-0.25, -0.2) is 9.78 Å². The number of carboxylic acid groups (broad SMARTS) is 1. The maximum Gasteiger partial charge on any atom is 0.347 e. The van der Waals surface area contributed by atoms with E-state index in [9.17, 15) is 9.59 Å². The van der Waals surface area contributed by atoms with E-state index in [1.807, 2.05) is 0 Å². The highest BCUT2D eigenvalue weighted by Gasteiger charge is 2.13. The van der Waals surface area contributed by atoms with E-state index in [1.165, 1.54) is 30.0 Å². The standard InChI is InChI=1S/C9H12N2O3S2/c1-5-7(8(13)14)16-9(11-5)15-4-3-10-6(2)12/h3-4H2,1-2H3,(H,10,12)(H,13,14). The molecule has 7 heteroatoms. The molecule has 1 rings (SSSR count). The molecule has 0 saturated heterocycles. The smallest absolute Gasteiger partial charge is 0.347 e. The van der Waals surface area contributed by atoms with Crippen LogP contribution < -0.4 is 5.32 Å². The molecule has 1 aromatic rings. The lowest BCUT2D eigenvalue weighted by Crippen LogP contribution is -2.22. The molecule has 0 unspecified atom stereocenters. The van der Waals surface area contributed by atoms with Gasteiger partial charge in [0.2, 0.25) is 5.91 Å². The number of nitrogens with zero attached hydrogens (tertiary/aromatic N) is 1. The molecule has 0 bridgehead atoms. The Bertz CT molecular complexity index is 403. The summed E-state index contributed by atoms with van der Waals surface area (Å²) in [5.41, 5.74) is 0.541. The molecule has 0 aliphatic heterocycles. The van der Waals surface area contributed by atoms with Crippen LogP contribution in [0.4, 0.5) is 0 Å². The Balaban J connectivity index is 2.46. The van der Waals surface area contributed by atoms with Crippen LogP contribution in [0.15, 0.2) is 4.34 Å². The molecule has 0 aliphatic carbocycles. The number of hydrogen-bond acceptors (Lipinski definition) is 5. The minimum absolute atomic E-state index is 0.0675. The Hall–Kier alpha value is -1.08. The highest BCUT2D eigenvalue weighted by molar-refractivity contribution is 8.01. The summed E-state index contributed by atoms with van der Waals surface area (Å²) in [6.45, 7) is 3.69. The summed E-state index contributed by atoms with van der Waals surface area (Å²) in [7, 11) is 0. The van der Waals surface area contributed by atoms with Crippen molar-refractivity contribution in [2.75, 3.05) is 12.3 Å². The van der Waals surface area contributed by atoms with Crippen LogP contribution in [0, 0.1) is 6.92 Å². The first kappa shape index (κ1) is 13.0. The average Bonchev–Trinajstić information content (AvgIpc) is 2.54. The van der Waals surface area contributed by atoms with Crippen molar-refractivity contribution in [2.45, 2.75) is 18.2 Å². The molecule has 0 spiro atoms. The summed E-state index contributed by atoms with van der Waals surface area (Å²) in [5, 5.41) is 11.5. The fraction of sp³-hybridized carbons (Fsp3) is 0.444. The first-order chi connectivity index (χ1) is 7.50. The summed E-state index contributed by atoms with van der Waals surface area (Å²) in [6.07, 6.45) is 0. The van der Waals surface area contributed by atoms with E-state index < -0.39 is 5.97 Å². The highest BCUT2D eigenvalue weighted by atomic mass is 32.2. The number of thioether (sulfide) groups is 1. The summed E-state index contributed by atoms with van der Waals surface area (Å²) >= 11 is 2.61. The van der Waals surface area contributed by atoms with E-state index in [4.69, 9.17) is 5.11 Å². The summed E-state index contributed by atoms with van der Waals surface area (Å²) in [6, 6.07) is 0. The van der Waals surface area contributed by atoms with Gasteiger partial charge >= 0.3 is 5.97 Å². The van der Waals surface area contributed by atoms with E-state index in [-0.39, 0.29) is 10.8 Å². The SMILES string of the molecule is CC(=O)NCCSc1nc(C)c(C(=O)O)s1. The zero-order valence-corrected chi connectivity index (χ0v) is 10.6. The number of hydrogen-bond donors (Lipinski definition) is 2. The van der Waals surface area contributed by atoms with Crippen molar-refractivity contribution < 1.29 is 14.7 Å². The second-order valence-electron chi connectivity index (χ2n) is 3.03. The number of amides is 1. The van der Waals surface area contributed by atoms with Crippen LogP contribution in [0.5, 0.6) is 0 Å². The number of aromatic nitrogens is 1. The quantitative estimate of drug-likeness (QED) is 0.617. The fourth-order valence-corrected chi connectivity index (χ4v) is 2.95. The third-order valence-electron chi connectivity index (χ3n) is 1.67. The number of nitrogens with one attached hydrogen (secondary N) is 1. The van der Waals surface area contributed by atoms with Crippen LogP contribution >= 0.6 is 23.1 Å². The molecule has 0 saturated carbocycles. The van der Waals surface area contributed by atoms with Gasteiger partial charge in [0.25, 0.3) is 0 Å². The minimum Gasteiger partial charge on any atom is -0.477 e. The predicted molar refractivity (Wildman–Crippen MR) is 63.2 cm³/mol. The van der Waals surface area contributed by atoms with Crippen molar-refractivity contribution >= 4 is 35.0 Å². The van der Waals surface area contributed by atoms with Gasteiger partial charge in [0, 0.05) is 19.2 Å². The summed E-state index contributed by atoms with van der Waals surface area (Å²) in [5.74, 6) is -0.322. The zero-order valence-electron chi connectivity index (χ0n) is 8.94. The molecule has 0 atom stereocenters. The number of aromatic carboxylic acids is 1. The van der Waals surface area contributed by atoms with Gasteiger partial charge < -0.3 is 10.4 Å². The monoisotopic (exact) mass is 260 g/mol. The lowest BCUT2D eigenvalue weighted by atomic mass is 10.4. The number of thiazole rings is 1. The molecule has 1 heterocycles. The van der Waals surface area contributed by atoms with E-state index in [2.05, 4.69) is 10.3 Å². The lowest BCUT2D eigenvalue weighted by Gasteiger charge is -1.98. The topological polar surface area (TPSA) is 79.3 Å². The maximum atomic E-state index is 10.8. The molecule has 16 heavy (non-hydrogen) atoms. The van der Waals surface area contributed by atoms with Gasteiger partial charge in [-0.3, -0.25) is 4.79 Å². The second kappa shape index (κ2) is 5.86. The predicted octanol–water partition coefficient (Wildman–Crippen LogP) is 1.38. The first-order valence-electron chi connectivity index (χ1n) is 4.58. The van der Waals surface area contributed by atoms with Crippen LogP contribution in [0.2, 0.25) is 0 Å². The third-order valence-corrected chi connectivity index (χ3v) is 3.96. The normalized spacial score (nSPS) is 10.1. The maximum absolute atomic E-state index is 10.8. The molecule has 0 aliphatic rings. The van der Waals surface area contributed by atoms with E-state index in [0.717, 1.165) is 4.34 Å². The van der Waals surface area contributed by atoms with Crippen molar-refractivity contribution in [3.05, 3.63) is 10.6 Å². The number of carbonyl (C=O) groups excluding carboxylic acids is 1. The van der Waals surface area contributed by atoms with Gasteiger partial charge in [0.1, 0.15) is 4.88 Å². The molecule has 1 amide bonds. The molecule has 88 valence electrons. The first-order valence-corrected chi connectivity index (χ1v) is 6.39. The molecule has 2 N–H and O–H groups in total. The minimum atomic E-state index is -0.941. The number of carboxylic acids is 1. The third kappa shape index (κ3) is 3.82. The van der Waals surface area contributed by atoms with Crippen LogP contribution in [0.25, 0.3) is 0 Å². The van der Waals surface area contributed by atoms with Crippen LogP contribution in [0.1, 0.15) is 22.3 Å². The van der Waals surface area contributed by atoms with E-state index in [0.29, 0.717) is 18.0 Å². The fourth-order valence-electron chi connectivity index (χ4n) is 0.997. The van der Waals surface area contributed by atoms with Crippen LogP contribution in [-0.4, -0.2) is 34.3 Å². The van der Waals surface area contributed by atoms with Crippen molar-refractivity contribution in [1.29, 1.82) is 0 Å². The van der Waals surface area contributed by atoms with Crippen molar-refractivity contribution in [3.63, 3.8) is 0 Å². The summed E-state index contributed by atoms with van der Waals surface area (Å²) < 4.78 is 0.722. The van der Waals surface area contributed by atoms with Crippen molar-refractivity contribution in [2.24, 2.45) is 0 Å². The molecule has 1 aromatic heterocycles. The second-order valence-corrected chi connectivity index (χ2v) is 5.37. The number of aryl methyl sites for hydroxylation is 1. The van der Waals surface area contributed by atoms with E-state index in [1.54, 1.807) is 6.92 Å². The Labute approximate surface area is 101 Å². The van der Waals surface area contributed by atoms with Gasteiger partial charge in [0.15, 0.2) is 4.34 Å². The average molecular weight is 260 g/mol. The molecule has 0 radical (unpaired) electrons. The Kier molecular flexibility index (Phi) is 4.75. The van der Waals surface area contributed by atoms with Crippen LogP contribution in [0.3, 0.4) is 0 Å². The van der Waals surface area contributed by atoms with Gasteiger partial charge in [-0.15, -0.1) is 11.3 Å². The van der Waals surface area contributed by atoms with Gasteiger partial charge in [0.05, 0.1) is 5.69 Å².